The Morgan fingerprint density at radius 3 is 2.21 bits per heavy atom. The van der Waals surface area contributed by atoms with E-state index in [9.17, 15) is 4.39 Å². The maximum absolute atomic E-state index is 13.5. The molecule has 0 amide bonds. The molecule has 0 saturated heterocycles. The third kappa shape index (κ3) is 4.06. The minimum absolute atomic E-state index is 0.234. The lowest BCUT2D eigenvalue weighted by atomic mass is 9.99. The van der Waals surface area contributed by atoms with Crippen LogP contribution >= 0.6 is 28.1 Å². The molecule has 34 heavy (non-hydrogen) atoms. The van der Waals surface area contributed by atoms with Crippen LogP contribution in [0.5, 0.6) is 5.75 Å². The largest absolute Gasteiger partial charge is 0.497 e. The van der Waals surface area contributed by atoms with Crippen molar-refractivity contribution in [3.05, 3.63) is 93.9 Å². The number of hydrogen-bond donors (Lipinski definition) is 1. The highest BCUT2D eigenvalue weighted by Gasteiger charge is 2.17. The van der Waals surface area contributed by atoms with E-state index in [0.717, 1.165) is 32.6 Å². The van der Waals surface area contributed by atoms with Gasteiger partial charge in [-0.25, -0.2) is 9.37 Å². The zero-order valence-corrected chi connectivity index (χ0v) is 20.4. The summed E-state index contributed by atoms with van der Waals surface area (Å²) >= 11 is 9.04. The zero-order valence-electron chi connectivity index (χ0n) is 18.0. The van der Waals surface area contributed by atoms with Crippen LogP contribution in [0, 0.1) is 10.6 Å². The second kappa shape index (κ2) is 8.96. The number of aromatic nitrogens is 3. The topological polar surface area (TPSA) is 66.0 Å². The van der Waals surface area contributed by atoms with E-state index < -0.39 is 0 Å². The Hall–Kier alpha value is -3.62. The summed E-state index contributed by atoms with van der Waals surface area (Å²) in [5, 5.41) is 0.656. The molecule has 8 heteroatoms. The van der Waals surface area contributed by atoms with Crippen LogP contribution in [-0.4, -0.2) is 21.6 Å². The van der Waals surface area contributed by atoms with Crippen molar-refractivity contribution in [1.29, 1.82) is 0 Å². The van der Waals surface area contributed by atoms with Gasteiger partial charge in [-0.3, -0.25) is 4.57 Å². The Morgan fingerprint density at radius 2 is 1.56 bits per heavy atom. The molecule has 0 aliphatic carbocycles. The SMILES string of the molecule is COc1ccc(-c2cc(-c3ccc(Br)cc3)nc3nc(=S)n(-c4ccc(F)cc4)c(N)c23)cc1. The summed E-state index contributed by atoms with van der Waals surface area (Å²) in [4.78, 5) is 9.41. The molecule has 168 valence electrons. The van der Waals surface area contributed by atoms with E-state index in [1.165, 1.54) is 12.1 Å². The van der Waals surface area contributed by atoms with Crippen molar-refractivity contribution in [3.8, 4) is 33.8 Å². The first-order valence-corrected chi connectivity index (χ1v) is 11.5. The first kappa shape index (κ1) is 22.2. The summed E-state index contributed by atoms with van der Waals surface area (Å²) in [6, 6.07) is 23.5. The highest BCUT2D eigenvalue weighted by molar-refractivity contribution is 9.10. The number of halogens is 2. The smallest absolute Gasteiger partial charge is 0.207 e. The van der Waals surface area contributed by atoms with Gasteiger partial charge in [-0.15, -0.1) is 0 Å². The third-order valence-electron chi connectivity index (χ3n) is 5.52. The van der Waals surface area contributed by atoms with Crippen molar-refractivity contribution in [2.24, 2.45) is 0 Å². The fourth-order valence-electron chi connectivity index (χ4n) is 3.83. The molecule has 0 unspecified atom stereocenters. The van der Waals surface area contributed by atoms with Gasteiger partial charge in [-0.2, -0.15) is 4.98 Å². The number of pyridine rings is 1. The van der Waals surface area contributed by atoms with Crippen LogP contribution in [0.2, 0.25) is 0 Å². The van der Waals surface area contributed by atoms with E-state index in [2.05, 4.69) is 20.9 Å². The average molecular weight is 533 g/mol. The number of nitrogens with zero attached hydrogens (tertiary/aromatic N) is 3. The van der Waals surface area contributed by atoms with Gasteiger partial charge in [-0.1, -0.05) is 40.2 Å². The van der Waals surface area contributed by atoms with Crippen LogP contribution in [0.15, 0.2) is 83.3 Å². The fraction of sp³-hybridized carbons (Fsp3) is 0.0385. The van der Waals surface area contributed by atoms with E-state index in [-0.39, 0.29) is 10.6 Å². The molecule has 0 fully saturated rings. The van der Waals surface area contributed by atoms with Crippen molar-refractivity contribution in [2.45, 2.75) is 0 Å². The number of benzene rings is 3. The summed E-state index contributed by atoms with van der Waals surface area (Å²) in [6.07, 6.45) is 0. The van der Waals surface area contributed by atoms with Crippen LogP contribution in [0.3, 0.4) is 0 Å². The molecule has 0 spiro atoms. The van der Waals surface area contributed by atoms with Gasteiger partial charge in [0.05, 0.1) is 23.9 Å². The molecular formula is C26H18BrFN4OS. The van der Waals surface area contributed by atoms with Crippen LogP contribution < -0.4 is 10.5 Å². The lowest BCUT2D eigenvalue weighted by Gasteiger charge is -2.17. The van der Waals surface area contributed by atoms with Gasteiger partial charge in [0, 0.05) is 10.0 Å². The second-order valence-electron chi connectivity index (χ2n) is 7.58. The summed E-state index contributed by atoms with van der Waals surface area (Å²) in [5.41, 5.74) is 11.2. The van der Waals surface area contributed by atoms with Crippen molar-refractivity contribution in [3.63, 3.8) is 0 Å². The number of ether oxygens (including phenoxy) is 1. The highest BCUT2D eigenvalue weighted by atomic mass is 79.9. The molecule has 2 N–H and O–H groups in total. The maximum Gasteiger partial charge on any atom is 0.207 e. The monoisotopic (exact) mass is 532 g/mol. The number of nitrogen functional groups attached to an aromatic ring is 1. The molecule has 0 bridgehead atoms. The molecule has 0 radical (unpaired) electrons. The van der Waals surface area contributed by atoms with Gasteiger partial charge in [0.25, 0.3) is 0 Å². The van der Waals surface area contributed by atoms with E-state index >= 15 is 0 Å². The highest BCUT2D eigenvalue weighted by Crippen LogP contribution is 2.36. The van der Waals surface area contributed by atoms with E-state index in [4.69, 9.17) is 27.7 Å². The van der Waals surface area contributed by atoms with E-state index in [1.54, 1.807) is 23.8 Å². The normalized spacial score (nSPS) is 11.0. The van der Waals surface area contributed by atoms with Crippen LogP contribution in [0.1, 0.15) is 0 Å². The Labute approximate surface area is 208 Å². The number of methoxy groups -OCH3 is 1. The first-order chi connectivity index (χ1) is 16.4. The molecule has 0 aliphatic heterocycles. The second-order valence-corrected chi connectivity index (χ2v) is 8.86. The number of hydrogen-bond acceptors (Lipinski definition) is 5. The Morgan fingerprint density at radius 1 is 0.912 bits per heavy atom. The molecule has 5 aromatic rings. The van der Waals surface area contributed by atoms with Gasteiger partial charge < -0.3 is 10.5 Å². The van der Waals surface area contributed by atoms with Gasteiger partial charge in [-0.05, 0) is 77.9 Å². The molecule has 0 atom stereocenters. The lowest BCUT2D eigenvalue weighted by Crippen LogP contribution is -2.09. The van der Waals surface area contributed by atoms with Gasteiger partial charge in [0.2, 0.25) is 4.77 Å². The fourth-order valence-corrected chi connectivity index (χ4v) is 4.38. The summed E-state index contributed by atoms with van der Waals surface area (Å²) in [5.74, 6) is 0.778. The van der Waals surface area contributed by atoms with E-state index in [0.29, 0.717) is 22.5 Å². The van der Waals surface area contributed by atoms with Gasteiger partial charge in [0.15, 0.2) is 5.65 Å². The van der Waals surface area contributed by atoms with Crippen molar-refractivity contribution < 1.29 is 9.13 Å². The van der Waals surface area contributed by atoms with Crippen LogP contribution in [-0.2, 0) is 0 Å². The lowest BCUT2D eigenvalue weighted by molar-refractivity contribution is 0.415. The summed E-state index contributed by atoms with van der Waals surface area (Å²) in [7, 11) is 1.63. The third-order valence-corrected chi connectivity index (χ3v) is 6.32. The molecule has 2 heterocycles. The molecule has 0 aliphatic rings. The molecule has 5 nitrogen and oxygen atoms in total. The minimum Gasteiger partial charge on any atom is -0.497 e. The molecule has 2 aromatic heterocycles. The standard InChI is InChI=1S/C26H18BrFN4OS/c1-33-20-12-4-15(5-13-20)21-14-22(16-2-6-17(27)7-3-16)30-25-23(21)24(29)32(26(34)31-25)19-10-8-18(28)9-11-19/h2-14H,29H2,1H3. The average Bonchev–Trinajstić information content (AvgIpc) is 2.85. The Kier molecular flexibility index (Phi) is 5.85. The number of rotatable bonds is 4. The predicted molar refractivity (Wildman–Crippen MR) is 139 cm³/mol. The van der Waals surface area contributed by atoms with Crippen molar-refractivity contribution in [1.82, 2.24) is 14.5 Å². The number of anilines is 1. The van der Waals surface area contributed by atoms with Gasteiger partial charge >= 0.3 is 0 Å². The predicted octanol–water partition coefficient (Wildman–Crippen LogP) is 6.98. The van der Waals surface area contributed by atoms with Crippen molar-refractivity contribution >= 4 is 45.0 Å². The van der Waals surface area contributed by atoms with E-state index in [1.807, 2.05) is 54.6 Å². The zero-order chi connectivity index (χ0) is 23.8. The quantitative estimate of drug-likeness (QED) is 0.253. The van der Waals surface area contributed by atoms with Crippen LogP contribution in [0.4, 0.5) is 10.2 Å². The number of nitrogens with two attached hydrogens (primary N) is 1. The summed E-state index contributed by atoms with van der Waals surface area (Å²) < 4.78 is 21.7. The molecule has 0 saturated carbocycles. The molecule has 5 rings (SSSR count). The first-order valence-electron chi connectivity index (χ1n) is 10.3. The van der Waals surface area contributed by atoms with Gasteiger partial charge in [0.1, 0.15) is 17.4 Å². The maximum atomic E-state index is 13.5. The summed E-state index contributed by atoms with van der Waals surface area (Å²) in [6.45, 7) is 0. The van der Waals surface area contributed by atoms with Crippen molar-refractivity contribution in [2.75, 3.05) is 12.8 Å². The number of fused-ring (bicyclic) bond motifs is 1. The molecule has 3 aromatic carbocycles. The Bertz CT molecular complexity index is 1570. The van der Waals surface area contributed by atoms with Crippen LogP contribution in [0.25, 0.3) is 39.1 Å². The molecular weight excluding hydrogens is 515 g/mol. The Balaban J connectivity index is 1.83. The minimum atomic E-state index is -0.345.